The molecule has 5 nitrogen and oxygen atoms in total. The molecule has 1 fully saturated rings. The Morgan fingerprint density at radius 2 is 1.69 bits per heavy atom. The van der Waals surface area contributed by atoms with Gasteiger partial charge in [0.1, 0.15) is 0 Å². The molecule has 0 aromatic heterocycles. The largest absolute Gasteiger partial charge is 0.349 e. The molecule has 1 aromatic rings. The van der Waals surface area contributed by atoms with Gasteiger partial charge in [0, 0.05) is 19.1 Å². The van der Waals surface area contributed by atoms with E-state index in [-0.39, 0.29) is 27.4 Å². The number of nitrogens with zero attached hydrogens (tertiary/aromatic N) is 1. The van der Waals surface area contributed by atoms with Gasteiger partial charge in [-0.05, 0) is 31.0 Å². The fourth-order valence-electron chi connectivity index (χ4n) is 3.42. The molecular weight excluding hydrogens is 372 g/mol. The average Bonchev–Trinajstić information content (AvgIpc) is 2.58. The van der Waals surface area contributed by atoms with Crippen LogP contribution in [0.3, 0.4) is 0 Å². The lowest BCUT2D eigenvalue weighted by Gasteiger charge is -2.22. The summed E-state index contributed by atoms with van der Waals surface area (Å²) in [5, 5.41) is 3.32. The summed E-state index contributed by atoms with van der Waals surface area (Å²) in [5.74, 6) is -0.294. The third-order valence-electron chi connectivity index (χ3n) is 4.97. The SMILES string of the molecule is CCN(CC)S(=O)(=O)c1ccc(Cl)c(C(=O)NC2CCCCCCC2)c1. The van der Waals surface area contributed by atoms with Crippen LogP contribution in [0.4, 0.5) is 0 Å². The van der Waals surface area contributed by atoms with E-state index in [0.29, 0.717) is 13.1 Å². The summed E-state index contributed by atoms with van der Waals surface area (Å²) >= 11 is 6.20. The average molecular weight is 401 g/mol. The maximum Gasteiger partial charge on any atom is 0.253 e. The highest BCUT2D eigenvalue weighted by Crippen LogP contribution is 2.24. The summed E-state index contributed by atoms with van der Waals surface area (Å²) in [5.41, 5.74) is 0.224. The minimum Gasteiger partial charge on any atom is -0.349 e. The second-order valence-corrected chi connectivity index (χ2v) is 9.09. The first kappa shape index (κ1) is 21.2. The van der Waals surface area contributed by atoms with Crippen LogP contribution in [0.25, 0.3) is 0 Å². The second-order valence-electron chi connectivity index (χ2n) is 6.75. The van der Waals surface area contributed by atoms with E-state index in [1.165, 1.54) is 41.8 Å². The van der Waals surface area contributed by atoms with Gasteiger partial charge in [-0.15, -0.1) is 0 Å². The quantitative estimate of drug-likeness (QED) is 0.777. The molecule has 2 rings (SSSR count). The highest BCUT2D eigenvalue weighted by molar-refractivity contribution is 7.89. The number of rotatable bonds is 6. The molecule has 1 aliphatic carbocycles. The Kier molecular flexibility index (Phi) is 7.92. The lowest BCUT2D eigenvalue weighted by Crippen LogP contribution is -2.35. The molecule has 0 radical (unpaired) electrons. The van der Waals surface area contributed by atoms with E-state index >= 15 is 0 Å². The molecule has 1 aliphatic rings. The summed E-state index contributed by atoms with van der Waals surface area (Å²) < 4.78 is 26.8. The maximum atomic E-state index is 12.7. The van der Waals surface area contributed by atoms with Crippen molar-refractivity contribution < 1.29 is 13.2 Å². The van der Waals surface area contributed by atoms with E-state index in [4.69, 9.17) is 11.6 Å². The monoisotopic (exact) mass is 400 g/mol. The Hall–Kier alpha value is -1.11. The van der Waals surface area contributed by atoms with Gasteiger partial charge in [0.15, 0.2) is 0 Å². The molecule has 1 saturated carbocycles. The minimum atomic E-state index is -3.62. The van der Waals surface area contributed by atoms with E-state index in [2.05, 4.69) is 5.32 Å². The van der Waals surface area contributed by atoms with Crippen LogP contribution in [-0.4, -0.2) is 37.8 Å². The molecule has 0 saturated heterocycles. The van der Waals surface area contributed by atoms with Crippen molar-refractivity contribution >= 4 is 27.5 Å². The molecule has 0 aliphatic heterocycles. The number of halogens is 1. The summed E-state index contributed by atoms with van der Waals surface area (Å²) in [7, 11) is -3.62. The molecular formula is C19H29ClN2O3S. The number of sulfonamides is 1. The number of carbonyl (C=O) groups excluding carboxylic acids is 1. The minimum absolute atomic E-state index is 0.105. The first-order chi connectivity index (χ1) is 12.4. The van der Waals surface area contributed by atoms with Crippen molar-refractivity contribution in [1.29, 1.82) is 0 Å². The van der Waals surface area contributed by atoms with Crippen LogP contribution in [0, 0.1) is 0 Å². The molecule has 146 valence electrons. The molecule has 7 heteroatoms. The van der Waals surface area contributed by atoms with Crippen molar-refractivity contribution in [2.24, 2.45) is 0 Å². The molecule has 0 unspecified atom stereocenters. The Morgan fingerprint density at radius 1 is 1.12 bits per heavy atom. The van der Waals surface area contributed by atoms with E-state index in [1.807, 2.05) is 0 Å². The standard InChI is InChI=1S/C19H29ClN2O3S/c1-3-22(4-2)26(24,25)16-12-13-18(20)17(14-16)19(23)21-15-10-8-6-5-7-9-11-15/h12-15H,3-11H2,1-2H3,(H,21,23). The predicted octanol–water partition coefficient (Wildman–Crippen LogP) is 4.21. The first-order valence-corrected chi connectivity index (χ1v) is 11.3. The number of nitrogens with one attached hydrogen (secondary N) is 1. The zero-order valence-electron chi connectivity index (χ0n) is 15.6. The molecule has 0 spiro atoms. The first-order valence-electron chi connectivity index (χ1n) is 9.50. The smallest absolute Gasteiger partial charge is 0.253 e. The molecule has 1 aromatic carbocycles. The van der Waals surface area contributed by atoms with Gasteiger partial charge in [-0.2, -0.15) is 4.31 Å². The van der Waals surface area contributed by atoms with Crippen molar-refractivity contribution in [3.05, 3.63) is 28.8 Å². The van der Waals surface area contributed by atoms with Crippen molar-refractivity contribution in [2.75, 3.05) is 13.1 Å². The van der Waals surface area contributed by atoms with Gasteiger partial charge in [-0.25, -0.2) is 8.42 Å². The topological polar surface area (TPSA) is 66.5 Å². The molecule has 0 bridgehead atoms. The third kappa shape index (κ3) is 5.21. The Labute approximate surface area is 162 Å². The third-order valence-corrected chi connectivity index (χ3v) is 7.34. The van der Waals surface area contributed by atoms with Crippen molar-refractivity contribution in [1.82, 2.24) is 9.62 Å². The molecule has 1 amide bonds. The molecule has 0 atom stereocenters. The van der Waals surface area contributed by atoms with Crippen molar-refractivity contribution in [3.8, 4) is 0 Å². The number of amides is 1. The van der Waals surface area contributed by atoms with E-state index in [9.17, 15) is 13.2 Å². The van der Waals surface area contributed by atoms with Gasteiger partial charge < -0.3 is 5.32 Å². The zero-order valence-corrected chi connectivity index (χ0v) is 17.2. The van der Waals surface area contributed by atoms with Crippen LogP contribution in [0.1, 0.15) is 69.2 Å². The van der Waals surface area contributed by atoms with Crippen LogP contribution < -0.4 is 5.32 Å². The van der Waals surface area contributed by atoms with Gasteiger partial charge in [0.25, 0.3) is 5.91 Å². The lowest BCUT2D eigenvalue weighted by molar-refractivity contribution is 0.0930. The number of carbonyl (C=O) groups is 1. The number of benzene rings is 1. The summed E-state index contributed by atoms with van der Waals surface area (Å²) in [4.78, 5) is 12.8. The van der Waals surface area contributed by atoms with Gasteiger partial charge >= 0.3 is 0 Å². The van der Waals surface area contributed by atoms with E-state index < -0.39 is 10.0 Å². The molecule has 0 heterocycles. The van der Waals surface area contributed by atoms with Crippen LogP contribution >= 0.6 is 11.6 Å². The zero-order chi connectivity index (χ0) is 19.2. The normalized spacial score (nSPS) is 16.9. The van der Waals surface area contributed by atoms with Crippen LogP contribution in [0.15, 0.2) is 23.1 Å². The fourth-order valence-corrected chi connectivity index (χ4v) is 5.10. The van der Waals surface area contributed by atoms with Crippen molar-refractivity contribution in [3.63, 3.8) is 0 Å². The Morgan fingerprint density at radius 3 is 2.27 bits per heavy atom. The Bertz CT molecular complexity index is 709. The molecule has 1 N–H and O–H groups in total. The van der Waals surface area contributed by atoms with E-state index in [0.717, 1.165) is 25.7 Å². The maximum absolute atomic E-state index is 12.7. The van der Waals surface area contributed by atoms with Gasteiger partial charge in [0.05, 0.1) is 15.5 Å². The summed E-state index contributed by atoms with van der Waals surface area (Å²) in [6.45, 7) is 4.34. The summed E-state index contributed by atoms with van der Waals surface area (Å²) in [6.07, 6.45) is 7.79. The second kappa shape index (κ2) is 9.72. The Balaban J connectivity index is 2.21. The fraction of sp³-hybridized carbons (Fsp3) is 0.632. The lowest BCUT2D eigenvalue weighted by atomic mass is 9.96. The van der Waals surface area contributed by atoms with Gasteiger partial charge in [-0.3, -0.25) is 4.79 Å². The van der Waals surface area contributed by atoms with Gasteiger partial charge in [-0.1, -0.05) is 57.6 Å². The van der Waals surface area contributed by atoms with Crippen LogP contribution in [-0.2, 0) is 10.0 Å². The van der Waals surface area contributed by atoms with Crippen molar-refractivity contribution in [2.45, 2.75) is 69.7 Å². The predicted molar refractivity (Wildman–Crippen MR) is 105 cm³/mol. The highest BCUT2D eigenvalue weighted by Gasteiger charge is 2.24. The van der Waals surface area contributed by atoms with E-state index in [1.54, 1.807) is 13.8 Å². The molecule has 26 heavy (non-hydrogen) atoms. The van der Waals surface area contributed by atoms with Crippen LogP contribution in [0.2, 0.25) is 5.02 Å². The summed E-state index contributed by atoms with van der Waals surface area (Å²) in [6, 6.07) is 4.48. The number of hydrogen-bond acceptors (Lipinski definition) is 3. The van der Waals surface area contributed by atoms with Crippen LogP contribution in [0.5, 0.6) is 0 Å². The number of hydrogen-bond donors (Lipinski definition) is 1. The van der Waals surface area contributed by atoms with Gasteiger partial charge in [0.2, 0.25) is 10.0 Å². The highest BCUT2D eigenvalue weighted by atomic mass is 35.5.